The number of carbonyl (C=O) groups excluding carboxylic acids is 1. The highest BCUT2D eigenvalue weighted by molar-refractivity contribution is 5.96. The van der Waals surface area contributed by atoms with Gasteiger partial charge in [-0.25, -0.2) is 0 Å². The Hall–Kier alpha value is -1.42. The molecule has 2 saturated carbocycles. The molecule has 28 heavy (non-hydrogen) atoms. The molecule has 0 heterocycles. The van der Waals surface area contributed by atoms with E-state index in [1.165, 1.54) is 18.4 Å². The molecular formula is C24H36O4. The standard InChI is InChI=1S/C22H32O2.C2H4O2/c1-13-11-19-17-6-5-15-12-16(24)7-9-21(15,3)18(17)8-10-22(19,4)20(13)14(2)23;1-2(3)4/h8,15-17,19,24H,5-7,9-12H2,1-4H3;1H3,(H,3,4)/t15-,16-,17+,19-,21-,22-;/m0./s1. The Labute approximate surface area is 169 Å². The predicted molar refractivity (Wildman–Crippen MR) is 110 cm³/mol. The Morgan fingerprint density at radius 2 is 1.75 bits per heavy atom. The summed E-state index contributed by atoms with van der Waals surface area (Å²) in [6.07, 6.45) is 10.1. The van der Waals surface area contributed by atoms with Crippen LogP contribution in [-0.2, 0) is 9.59 Å². The summed E-state index contributed by atoms with van der Waals surface area (Å²) in [5, 5.41) is 17.5. The average molecular weight is 389 g/mol. The van der Waals surface area contributed by atoms with Gasteiger partial charge in [0.2, 0.25) is 0 Å². The van der Waals surface area contributed by atoms with Crippen molar-refractivity contribution in [2.75, 3.05) is 0 Å². The monoisotopic (exact) mass is 388 g/mol. The molecule has 0 aromatic heterocycles. The van der Waals surface area contributed by atoms with Crippen LogP contribution in [0.2, 0.25) is 0 Å². The molecule has 4 nitrogen and oxygen atoms in total. The lowest BCUT2D eigenvalue weighted by atomic mass is 9.48. The van der Waals surface area contributed by atoms with Gasteiger partial charge < -0.3 is 10.2 Å². The molecule has 4 rings (SSSR count). The molecule has 0 amide bonds. The summed E-state index contributed by atoms with van der Waals surface area (Å²) in [5.74, 6) is 1.36. The van der Waals surface area contributed by atoms with E-state index in [4.69, 9.17) is 9.90 Å². The molecule has 0 bridgehead atoms. The minimum Gasteiger partial charge on any atom is -0.481 e. The molecule has 0 aromatic carbocycles. The van der Waals surface area contributed by atoms with E-state index < -0.39 is 5.97 Å². The van der Waals surface area contributed by atoms with Crippen LogP contribution in [0, 0.1) is 28.6 Å². The van der Waals surface area contributed by atoms with E-state index in [1.54, 1.807) is 12.5 Å². The highest BCUT2D eigenvalue weighted by Gasteiger charge is 2.56. The van der Waals surface area contributed by atoms with Gasteiger partial charge in [-0.05, 0) is 82.0 Å². The van der Waals surface area contributed by atoms with Gasteiger partial charge in [0.25, 0.3) is 5.97 Å². The number of hydrogen-bond donors (Lipinski definition) is 2. The molecule has 0 saturated heterocycles. The average Bonchev–Trinajstić information content (AvgIpc) is 2.85. The predicted octanol–water partition coefficient (Wildman–Crippen LogP) is 4.92. The van der Waals surface area contributed by atoms with Crippen molar-refractivity contribution in [2.45, 2.75) is 85.7 Å². The van der Waals surface area contributed by atoms with Crippen molar-refractivity contribution in [3.63, 3.8) is 0 Å². The zero-order chi connectivity index (χ0) is 20.9. The maximum Gasteiger partial charge on any atom is 0.300 e. The Balaban J connectivity index is 0.000000516. The lowest BCUT2D eigenvalue weighted by molar-refractivity contribution is -0.134. The lowest BCUT2D eigenvalue weighted by Gasteiger charge is -2.56. The van der Waals surface area contributed by atoms with Crippen molar-refractivity contribution in [3.8, 4) is 0 Å². The molecule has 0 aliphatic heterocycles. The Morgan fingerprint density at radius 1 is 1.11 bits per heavy atom. The van der Waals surface area contributed by atoms with Crippen LogP contribution in [0.15, 0.2) is 22.8 Å². The summed E-state index contributed by atoms with van der Waals surface area (Å²) in [6.45, 7) is 9.83. The molecule has 4 aliphatic carbocycles. The van der Waals surface area contributed by atoms with Crippen LogP contribution in [0.5, 0.6) is 0 Å². The fraction of sp³-hybridized carbons (Fsp3) is 0.750. The quantitative estimate of drug-likeness (QED) is 0.626. The smallest absolute Gasteiger partial charge is 0.300 e. The number of aliphatic carboxylic acids is 1. The van der Waals surface area contributed by atoms with E-state index in [0.717, 1.165) is 44.6 Å². The molecule has 4 heteroatoms. The molecule has 156 valence electrons. The molecule has 0 unspecified atom stereocenters. The summed E-state index contributed by atoms with van der Waals surface area (Å²) < 4.78 is 0. The topological polar surface area (TPSA) is 74.6 Å². The summed E-state index contributed by atoms with van der Waals surface area (Å²) in [7, 11) is 0. The van der Waals surface area contributed by atoms with Crippen molar-refractivity contribution in [1.29, 1.82) is 0 Å². The number of carboxylic acid groups (broad SMARTS) is 1. The van der Waals surface area contributed by atoms with Crippen molar-refractivity contribution in [2.24, 2.45) is 28.6 Å². The first-order valence-electron chi connectivity index (χ1n) is 10.8. The summed E-state index contributed by atoms with van der Waals surface area (Å²) in [4.78, 5) is 21.3. The van der Waals surface area contributed by atoms with Gasteiger partial charge in [-0.2, -0.15) is 0 Å². The summed E-state index contributed by atoms with van der Waals surface area (Å²) in [5.41, 5.74) is 4.51. The van der Waals surface area contributed by atoms with Crippen molar-refractivity contribution in [1.82, 2.24) is 0 Å². The van der Waals surface area contributed by atoms with Crippen LogP contribution in [-0.4, -0.2) is 28.1 Å². The number of hydrogen-bond acceptors (Lipinski definition) is 3. The van der Waals surface area contributed by atoms with Gasteiger partial charge in [0.1, 0.15) is 0 Å². The van der Waals surface area contributed by atoms with Gasteiger partial charge in [-0.15, -0.1) is 0 Å². The Morgan fingerprint density at radius 3 is 2.36 bits per heavy atom. The van der Waals surface area contributed by atoms with Crippen LogP contribution in [0.1, 0.15) is 79.6 Å². The maximum absolute atomic E-state index is 12.3. The van der Waals surface area contributed by atoms with Gasteiger partial charge in [0, 0.05) is 17.9 Å². The number of carboxylic acids is 1. The van der Waals surface area contributed by atoms with E-state index in [-0.39, 0.29) is 22.7 Å². The first-order chi connectivity index (χ1) is 13.0. The Kier molecular flexibility index (Phi) is 5.66. The molecule has 4 aliphatic rings. The third-order valence-electron chi connectivity index (χ3n) is 8.27. The van der Waals surface area contributed by atoms with Crippen LogP contribution in [0.3, 0.4) is 0 Å². The summed E-state index contributed by atoms with van der Waals surface area (Å²) >= 11 is 0. The number of carbonyl (C=O) groups is 2. The number of rotatable bonds is 1. The number of ketones is 1. The number of aliphatic hydroxyl groups excluding tert-OH is 1. The Bertz CT molecular complexity index is 729. The van der Waals surface area contributed by atoms with E-state index in [0.29, 0.717) is 17.8 Å². The lowest BCUT2D eigenvalue weighted by Crippen LogP contribution is -2.48. The normalized spacial score (nSPS) is 41.7. The minimum absolute atomic E-state index is 0.0570. The van der Waals surface area contributed by atoms with Gasteiger partial charge >= 0.3 is 0 Å². The molecular weight excluding hydrogens is 352 g/mol. The molecule has 0 radical (unpaired) electrons. The number of aliphatic hydroxyl groups is 1. The van der Waals surface area contributed by atoms with Gasteiger partial charge in [-0.3, -0.25) is 9.59 Å². The highest BCUT2D eigenvalue weighted by Crippen LogP contribution is 2.65. The van der Waals surface area contributed by atoms with E-state index in [9.17, 15) is 9.90 Å². The summed E-state index contributed by atoms with van der Waals surface area (Å²) in [6, 6.07) is 0. The van der Waals surface area contributed by atoms with E-state index in [1.807, 2.05) is 0 Å². The largest absolute Gasteiger partial charge is 0.481 e. The molecule has 6 atom stereocenters. The second-order valence-electron chi connectivity index (χ2n) is 10.0. The van der Waals surface area contributed by atoms with Crippen molar-refractivity contribution >= 4 is 11.8 Å². The van der Waals surface area contributed by atoms with Crippen molar-refractivity contribution < 1.29 is 19.8 Å². The number of fused-ring (bicyclic) bond motifs is 5. The third kappa shape index (κ3) is 3.38. The molecule has 2 fully saturated rings. The van der Waals surface area contributed by atoms with Crippen molar-refractivity contribution in [3.05, 3.63) is 22.8 Å². The number of Topliss-reactive ketones (excluding diaryl/α,β-unsaturated/α-hetero) is 1. The second kappa shape index (κ2) is 7.44. The third-order valence-corrected chi connectivity index (χ3v) is 8.27. The maximum atomic E-state index is 12.3. The SMILES string of the molecule is CC(=O)C1=C(C)C[C@H]2[C@@H]3CC[C@H]4C[C@@H](O)CC[C@]4(C)C3=CC[C@]12C.CC(=O)O. The van der Waals surface area contributed by atoms with Crippen LogP contribution in [0.4, 0.5) is 0 Å². The van der Waals surface area contributed by atoms with E-state index in [2.05, 4.69) is 26.8 Å². The first kappa shape index (κ1) is 21.3. The zero-order valence-electron chi connectivity index (χ0n) is 18.0. The molecule has 2 N–H and O–H groups in total. The fourth-order valence-corrected chi connectivity index (χ4v) is 7.15. The fourth-order valence-electron chi connectivity index (χ4n) is 7.15. The van der Waals surface area contributed by atoms with Gasteiger partial charge in [-0.1, -0.05) is 31.1 Å². The minimum atomic E-state index is -0.833. The van der Waals surface area contributed by atoms with Gasteiger partial charge in [0.05, 0.1) is 6.10 Å². The molecule has 0 spiro atoms. The van der Waals surface area contributed by atoms with Crippen LogP contribution < -0.4 is 0 Å². The first-order valence-corrected chi connectivity index (χ1v) is 10.8. The van der Waals surface area contributed by atoms with Crippen LogP contribution >= 0.6 is 0 Å². The number of allylic oxidation sites excluding steroid dienone is 4. The zero-order valence-corrected chi connectivity index (χ0v) is 18.0. The van der Waals surface area contributed by atoms with Gasteiger partial charge in [0.15, 0.2) is 5.78 Å². The molecule has 0 aromatic rings. The highest BCUT2D eigenvalue weighted by atomic mass is 16.4. The second-order valence-corrected chi connectivity index (χ2v) is 10.0. The van der Waals surface area contributed by atoms with Crippen LogP contribution in [0.25, 0.3) is 0 Å². The van der Waals surface area contributed by atoms with E-state index >= 15 is 0 Å².